The van der Waals surface area contributed by atoms with E-state index in [0.717, 1.165) is 23.1 Å². The fraction of sp³-hybridized carbons (Fsp3) is 0.250. The molecule has 0 atom stereocenters. The van der Waals surface area contributed by atoms with Crippen molar-refractivity contribution in [1.29, 1.82) is 0 Å². The molecule has 2 rings (SSSR count). The molecule has 2 aromatic carbocycles. The fourth-order valence-electron chi connectivity index (χ4n) is 2.04. The summed E-state index contributed by atoms with van der Waals surface area (Å²) in [6, 6.07) is 12.7. The predicted molar refractivity (Wildman–Crippen MR) is 85.7 cm³/mol. The molecule has 0 heterocycles. The highest BCUT2D eigenvalue weighted by Gasteiger charge is 2.10. The van der Waals surface area contributed by atoms with Gasteiger partial charge in [-0.1, -0.05) is 31.8 Å². The largest absolute Gasteiger partial charge is 0.493 e. The van der Waals surface area contributed by atoms with E-state index in [1.165, 1.54) is 6.07 Å². The van der Waals surface area contributed by atoms with Crippen molar-refractivity contribution in [2.75, 3.05) is 12.3 Å². The summed E-state index contributed by atoms with van der Waals surface area (Å²) in [5, 5.41) is 0. The molecule has 20 heavy (non-hydrogen) atoms. The molecule has 0 fully saturated rings. The van der Waals surface area contributed by atoms with Crippen molar-refractivity contribution in [3.05, 3.63) is 53.8 Å². The van der Waals surface area contributed by atoms with E-state index in [9.17, 15) is 4.39 Å². The van der Waals surface area contributed by atoms with E-state index in [4.69, 9.17) is 10.5 Å². The summed E-state index contributed by atoms with van der Waals surface area (Å²) in [6.45, 7) is 4.64. The van der Waals surface area contributed by atoms with Gasteiger partial charge in [-0.05, 0) is 29.2 Å². The Hall–Kier alpha value is -1.97. The molecule has 0 amide bonds. The third-order valence-electron chi connectivity index (χ3n) is 3.23. The van der Waals surface area contributed by atoms with Gasteiger partial charge in [0.05, 0.1) is 6.61 Å². The van der Waals surface area contributed by atoms with Crippen molar-refractivity contribution in [3.63, 3.8) is 0 Å². The minimum Gasteiger partial charge on any atom is -0.493 e. The average molecular weight is 273 g/mol. The molecule has 0 spiro atoms. The second-order valence-corrected chi connectivity index (χ2v) is 5.18. The molecular weight excluding hydrogens is 252 g/mol. The van der Waals surface area contributed by atoms with Crippen LogP contribution in [-0.2, 0) is 6.42 Å². The van der Waals surface area contributed by atoms with Crippen LogP contribution in [0.1, 0.15) is 6.99 Å². The van der Waals surface area contributed by atoms with Gasteiger partial charge in [-0.3, -0.25) is 0 Å². The predicted octanol–water partition coefficient (Wildman–Crippen LogP) is 3.24. The van der Waals surface area contributed by atoms with Gasteiger partial charge in [-0.2, -0.15) is 0 Å². The van der Waals surface area contributed by atoms with Gasteiger partial charge in [0.25, 0.3) is 0 Å². The number of benzene rings is 2. The van der Waals surface area contributed by atoms with Crippen molar-refractivity contribution in [3.8, 4) is 5.75 Å². The quantitative estimate of drug-likeness (QED) is 0.670. The zero-order valence-corrected chi connectivity index (χ0v) is 11.9. The summed E-state index contributed by atoms with van der Waals surface area (Å²) in [5.41, 5.74) is 8.25. The van der Waals surface area contributed by atoms with Crippen LogP contribution in [0.5, 0.6) is 5.75 Å². The average Bonchev–Trinajstić information content (AvgIpc) is 2.41. The van der Waals surface area contributed by atoms with E-state index in [-0.39, 0.29) is 14.0 Å². The van der Waals surface area contributed by atoms with Crippen LogP contribution in [0.4, 0.5) is 10.1 Å². The number of hydrogen-bond acceptors (Lipinski definition) is 2. The van der Waals surface area contributed by atoms with Gasteiger partial charge < -0.3 is 10.5 Å². The standard InChI is InChI=1S/C16H19BFNO.H2/c1-17(2)15-8-7-14(11-16(15)18)20-10-9-12-3-5-13(19)6-4-12;/h3-8,11H,9-10,19H2,1-2H3;1H. The maximum Gasteiger partial charge on any atom is 0.173 e. The Morgan fingerprint density at radius 3 is 2.45 bits per heavy atom. The second-order valence-electron chi connectivity index (χ2n) is 5.18. The van der Waals surface area contributed by atoms with E-state index in [0.29, 0.717) is 12.4 Å². The molecule has 0 aliphatic heterocycles. The lowest BCUT2D eigenvalue weighted by molar-refractivity contribution is 0.320. The van der Waals surface area contributed by atoms with Gasteiger partial charge in [-0.25, -0.2) is 4.39 Å². The monoisotopic (exact) mass is 273 g/mol. The van der Waals surface area contributed by atoms with Crippen molar-refractivity contribution in [1.82, 2.24) is 0 Å². The number of hydrogen-bond donors (Lipinski definition) is 1. The number of nitrogen functional groups attached to an aromatic ring is 1. The first-order valence-electron chi connectivity index (χ1n) is 6.83. The molecule has 0 unspecified atom stereocenters. The van der Waals surface area contributed by atoms with E-state index in [1.807, 2.05) is 44.0 Å². The fourth-order valence-corrected chi connectivity index (χ4v) is 2.04. The first-order valence-corrected chi connectivity index (χ1v) is 6.83. The molecular formula is C16H21BFNO. The lowest BCUT2D eigenvalue weighted by atomic mass is 9.49. The summed E-state index contributed by atoms with van der Waals surface area (Å²) < 4.78 is 19.4. The summed E-state index contributed by atoms with van der Waals surface area (Å²) >= 11 is 0. The van der Waals surface area contributed by atoms with Crippen LogP contribution < -0.4 is 15.9 Å². The SMILES string of the molecule is CB(C)c1ccc(OCCc2ccc(N)cc2)cc1F.[HH]. The number of halogens is 1. The molecule has 0 saturated carbocycles. The topological polar surface area (TPSA) is 35.2 Å². The zero-order chi connectivity index (χ0) is 14.5. The van der Waals surface area contributed by atoms with Gasteiger partial charge in [0, 0.05) is 19.6 Å². The van der Waals surface area contributed by atoms with Crippen LogP contribution in [0.2, 0.25) is 13.6 Å². The van der Waals surface area contributed by atoms with Crippen molar-refractivity contribution < 1.29 is 10.6 Å². The smallest absolute Gasteiger partial charge is 0.173 e. The molecule has 0 saturated heterocycles. The number of ether oxygens (including phenoxy) is 1. The highest BCUT2D eigenvalue weighted by molar-refractivity contribution is 6.70. The van der Waals surface area contributed by atoms with Gasteiger partial charge in [-0.15, -0.1) is 0 Å². The minimum atomic E-state index is -0.204. The van der Waals surface area contributed by atoms with Crippen molar-refractivity contribution in [2.45, 2.75) is 20.1 Å². The Kier molecular flexibility index (Phi) is 4.67. The van der Waals surface area contributed by atoms with E-state index < -0.39 is 0 Å². The Bertz CT molecular complexity index is 575. The maximum absolute atomic E-state index is 13.8. The van der Waals surface area contributed by atoms with Crippen LogP contribution in [0.3, 0.4) is 0 Å². The molecule has 0 aliphatic rings. The Balaban J connectivity index is 0.00000220. The van der Waals surface area contributed by atoms with Crippen molar-refractivity contribution >= 4 is 17.9 Å². The number of rotatable bonds is 5. The van der Waals surface area contributed by atoms with Gasteiger partial charge in [0.15, 0.2) is 6.71 Å². The van der Waals surface area contributed by atoms with Crippen LogP contribution in [0.25, 0.3) is 0 Å². The van der Waals surface area contributed by atoms with E-state index in [2.05, 4.69) is 0 Å². The highest BCUT2D eigenvalue weighted by Crippen LogP contribution is 2.13. The van der Waals surface area contributed by atoms with Gasteiger partial charge in [0.1, 0.15) is 11.6 Å². The van der Waals surface area contributed by atoms with Crippen molar-refractivity contribution in [2.24, 2.45) is 0 Å². The van der Waals surface area contributed by atoms with E-state index in [1.54, 1.807) is 6.07 Å². The molecule has 0 aliphatic carbocycles. The van der Waals surface area contributed by atoms with Crippen LogP contribution in [0.15, 0.2) is 42.5 Å². The van der Waals surface area contributed by atoms with Gasteiger partial charge in [0.2, 0.25) is 0 Å². The molecule has 0 aromatic heterocycles. The molecule has 0 radical (unpaired) electrons. The molecule has 4 heteroatoms. The first-order chi connectivity index (χ1) is 9.56. The lowest BCUT2D eigenvalue weighted by Crippen LogP contribution is -2.25. The van der Waals surface area contributed by atoms with E-state index >= 15 is 0 Å². The number of nitrogens with two attached hydrogens (primary N) is 1. The van der Waals surface area contributed by atoms with Crippen LogP contribution in [-0.4, -0.2) is 13.3 Å². The highest BCUT2D eigenvalue weighted by atomic mass is 19.1. The Morgan fingerprint density at radius 1 is 1.15 bits per heavy atom. The second kappa shape index (κ2) is 6.46. The summed E-state index contributed by atoms with van der Waals surface area (Å²) in [6.07, 6.45) is 0.772. The van der Waals surface area contributed by atoms with Crippen LogP contribution in [0, 0.1) is 5.82 Å². The Labute approximate surface area is 121 Å². The zero-order valence-electron chi connectivity index (χ0n) is 11.9. The normalized spacial score (nSPS) is 10.3. The lowest BCUT2D eigenvalue weighted by Gasteiger charge is -2.09. The summed E-state index contributed by atoms with van der Waals surface area (Å²) in [4.78, 5) is 0. The first kappa shape index (κ1) is 14.4. The Morgan fingerprint density at radius 2 is 1.85 bits per heavy atom. The summed E-state index contributed by atoms with van der Waals surface area (Å²) in [5.74, 6) is 0.368. The maximum atomic E-state index is 13.8. The molecule has 2 nitrogen and oxygen atoms in total. The van der Waals surface area contributed by atoms with Crippen LogP contribution >= 0.6 is 0 Å². The molecule has 2 aromatic rings. The van der Waals surface area contributed by atoms with Gasteiger partial charge >= 0.3 is 0 Å². The molecule has 2 N–H and O–H groups in total. The number of anilines is 1. The third kappa shape index (κ3) is 3.76. The summed E-state index contributed by atoms with van der Waals surface area (Å²) in [7, 11) is 0. The molecule has 106 valence electrons. The molecule has 0 bridgehead atoms. The third-order valence-corrected chi connectivity index (χ3v) is 3.23. The minimum absolute atomic E-state index is 0.